The minimum Gasteiger partial charge on any atom is -0.325 e. The molecule has 2 saturated heterocycles. The van der Waals surface area contributed by atoms with Gasteiger partial charge >= 0.3 is 6.03 Å². The van der Waals surface area contributed by atoms with Gasteiger partial charge in [0.1, 0.15) is 0 Å². The molecule has 7 nitrogen and oxygen atoms in total. The SMILES string of the molecule is CCCCN(C)CC1CCN(C(=O)Nc2cccc(N3CCCS3(=O)=O)c2)CC1. The average molecular weight is 423 g/mol. The predicted octanol–water partition coefficient (Wildman–Crippen LogP) is 3.20. The molecule has 162 valence electrons. The Morgan fingerprint density at radius 1 is 1.24 bits per heavy atom. The Kier molecular flexibility index (Phi) is 7.40. The quantitative estimate of drug-likeness (QED) is 0.732. The zero-order chi connectivity index (χ0) is 20.9. The number of piperidine rings is 1. The van der Waals surface area contributed by atoms with Crippen molar-refractivity contribution in [2.75, 3.05) is 55.1 Å². The summed E-state index contributed by atoms with van der Waals surface area (Å²) in [5.74, 6) is 0.830. The minimum absolute atomic E-state index is 0.107. The molecule has 0 aromatic heterocycles. The van der Waals surface area contributed by atoms with Crippen LogP contribution in [0.15, 0.2) is 24.3 Å². The lowest BCUT2D eigenvalue weighted by molar-refractivity contribution is 0.163. The van der Waals surface area contributed by atoms with Crippen LogP contribution in [0.4, 0.5) is 16.2 Å². The van der Waals surface area contributed by atoms with Crippen LogP contribution in [0, 0.1) is 5.92 Å². The van der Waals surface area contributed by atoms with E-state index in [1.807, 2.05) is 4.90 Å². The van der Waals surface area contributed by atoms with Crippen molar-refractivity contribution in [2.24, 2.45) is 5.92 Å². The molecular weight excluding hydrogens is 388 g/mol. The molecule has 2 fully saturated rings. The number of hydrogen-bond donors (Lipinski definition) is 1. The summed E-state index contributed by atoms with van der Waals surface area (Å²) in [6, 6.07) is 7.01. The van der Waals surface area contributed by atoms with Gasteiger partial charge in [0.15, 0.2) is 0 Å². The van der Waals surface area contributed by atoms with Gasteiger partial charge in [0.05, 0.1) is 11.4 Å². The maximum atomic E-state index is 12.7. The third-order valence-corrected chi connectivity index (χ3v) is 7.72. The summed E-state index contributed by atoms with van der Waals surface area (Å²) in [4.78, 5) is 16.9. The third kappa shape index (κ3) is 5.85. The van der Waals surface area contributed by atoms with E-state index in [-0.39, 0.29) is 11.8 Å². The number of hydrogen-bond acceptors (Lipinski definition) is 4. The molecule has 0 bridgehead atoms. The summed E-state index contributed by atoms with van der Waals surface area (Å²) >= 11 is 0. The van der Waals surface area contributed by atoms with E-state index in [4.69, 9.17) is 0 Å². The number of amides is 2. The number of urea groups is 1. The fourth-order valence-electron chi connectivity index (χ4n) is 4.15. The first-order valence-corrected chi connectivity index (χ1v) is 12.3. The predicted molar refractivity (Wildman–Crippen MR) is 118 cm³/mol. The fourth-order valence-corrected chi connectivity index (χ4v) is 5.71. The molecule has 2 amide bonds. The van der Waals surface area contributed by atoms with Gasteiger partial charge < -0.3 is 15.1 Å². The number of carbonyl (C=O) groups is 1. The molecule has 1 N–H and O–H groups in total. The summed E-state index contributed by atoms with van der Waals surface area (Å²) < 4.78 is 25.7. The minimum atomic E-state index is -3.22. The van der Waals surface area contributed by atoms with Crippen molar-refractivity contribution in [3.63, 3.8) is 0 Å². The second kappa shape index (κ2) is 9.80. The van der Waals surface area contributed by atoms with Gasteiger partial charge in [-0.05, 0) is 63.4 Å². The van der Waals surface area contributed by atoms with Gasteiger partial charge in [-0.3, -0.25) is 4.31 Å². The van der Waals surface area contributed by atoms with Crippen molar-refractivity contribution in [2.45, 2.75) is 39.0 Å². The van der Waals surface area contributed by atoms with Crippen LogP contribution in [0.1, 0.15) is 39.0 Å². The van der Waals surface area contributed by atoms with E-state index in [2.05, 4.69) is 24.2 Å². The molecule has 0 radical (unpaired) electrons. The Morgan fingerprint density at radius 3 is 2.66 bits per heavy atom. The maximum Gasteiger partial charge on any atom is 0.321 e. The molecule has 2 aliphatic heterocycles. The van der Waals surface area contributed by atoms with E-state index in [0.29, 0.717) is 30.3 Å². The number of benzene rings is 1. The molecule has 0 atom stereocenters. The molecule has 29 heavy (non-hydrogen) atoms. The smallest absolute Gasteiger partial charge is 0.321 e. The first-order valence-electron chi connectivity index (χ1n) is 10.7. The number of sulfonamides is 1. The highest BCUT2D eigenvalue weighted by Crippen LogP contribution is 2.27. The van der Waals surface area contributed by atoms with E-state index < -0.39 is 10.0 Å². The molecule has 0 unspecified atom stereocenters. The largest absolute Gasteiger partial charge is 0.325 e. The molecule has 1 aromatic rings. The number of likely N-dealkylation sites (tertiary alicyclic amines) is 1. The van der Waals surface area contributed by atoms with E-state index >= 15 is 0 Å². The molecule has 0 saturated carbocycles. The lowest BCUT2D eigenvalue weighted by atomic mass is 9.96. The van der Waals surface area contributed by atoms with Gasteiger partial charge in [0, 0.05) is 31.9 Å². The van der Waals surface area contributed by atoms with Crippen LogP contribution in [-0.4, -0.2) is 69.8 Å². The number of unbranched alkanes of at least 4 members (excludes halogenated alkanes) is 1. The zero-order valence-corrected chi connectivity index (χ0v) is 18.5. The van der Waals surface area contributed by atoms with Crippen molar-refractivity contribution in [1.82, 2.24) is 9.80 Å². The Bertz CT molecular complexity index is 791. The molecular formula is C21H34N4O3S. The molecule has 1 aromatic carbocycles. The number of nitrogens with one attached hydrogen (secondary N) is 1. The van der Waals surface area contributed by atoms with Crippen LogP contribution < -0.4 is 9.62 Å². The van der Waals surface area contributed by atoms with Gasteiger partial charge in [-0.15, -0.1) is 0 Å². The van der Waals surface area contributed by atoms with Gasteiger partial charge in [-0.25, -0.2) is 13.2 Å². The fraction of sp³-hybridized carbons (Fsp3) is 0.667. The number of rotatable bonds is 7. The van der Waals surface area contributed by atoms with E-state index in [1.165, 1.54) is 17.1 Å². The normalized spacial score (nSPS) is 19.7. The zero-order valence-electron chi connectivity index (χ0n) is 17.6. The average Bonchev–Trinajstić information content (AvgIpc) is 3.06. The lowest BCUT2D eigenvalue weighted by Gasteiger charge is -2.34. The molecule has 3 rings (SSSR count). The van der Waals surface area contributed by atoms with E-state index in [9.17, 15) is 13.2 Å². The Hall–Kier alpha value is -1.80. The second-order valence-electron chi connectivity index (χ2n) is 8.27. The molecule has 0 spiro atoms. The Labute approximate surface area is 175 Å². The summed E-state index contributed by atoms with van der Waals surface area (Å²) in [5, 5.41) is 2.94. The molecule has 2 aliphatic rings. The van der Waals surface area contributed by atoms with Gasteiger partial charge in [0.2, 0.25) is 10.0 Å². The second-order valence-corrected chi connectivity index (χ2v) is 10.3. The van der Waals surface area contributed by atoms with Crippen LogP contribution >= 0.6 is 0 Å². The van der Waals surface area contributed by atoms with Crippen LogP contribution in [0.3, 0.4) is 0 Å². The monoisotopic (exact) mass is 422 g/mol. The van der Waals surface area contributed by atoms with Gasteiger partial charge in [-0.1, -0.05) is 19.4 Å². The topological polar surface area (TPSA) is 73.0 Å². The molecule has 0 aliphatic carbocycles. The van der Waals surface area contributed by atoms with Crippen LogP contribution in [0.5, 0.6) is 0 Å². The van der Waals surface area contributed by atoms with Crippen molar-refractivity contribution < 1.29 is 13.2 Å². The van der Waals surface area contributed by atoms with Crippen molar-refractivity contribution >= 4 is 27.4 Å². The summed E-state index contributed by atoms with van der Waals surface area (Å²) in [5.41, 5.74) is 1.25. The standard InChI is InChI=1S/C21H34N4O3S/c1-3-4-11-23(2)17-18-9-13-24(14-10-18)21(26)22-19-7-5-8-20(16-19)25-12-6-15-29(25,27)28/h5,7-8,16,18H,3-4,6,9-15,17H2,1-2H3,(H,22,26). The van der Waals surface area contributed by atoms with Crippen molar-refractivity contribution in [1.29, 1.82) is 0 Å². The third-order valence-electron chi connectivity index (χ3n) is 5.85. The Morgan fingerprint density at radius 2 is 2.00 bits per heavy atom. The summed E-state index contributed by atoms with van der Waals surface area (Å²) in [6.45, 7) is 6.48. The maximum absolute atomic E-state index is 12.7. The van der Waals surface area contributed by atoms with Gasteiger partial charge in [-0.2, -0.15) is 0 Å². The Balaban J connectivity index is 1.51. The lowest BCUT2D eigenvalue weighted by Crippen LogP contribution is -2.43. The van der Waals surface area contributed by atoms with Crippen molar-refractivity contribution in [3.05, 3.63) is 24.3 Å². The first kappa shape index (κ1) is 21.9. The summed E-state index contributed by atoms with van der Waals surface area (Å²) in [6.07, 6.45) is 5.14. The van der Waals surface area contributed by atoms with E-state index in [0.717, 1.165) is 39.0 Å². The highest BCUT2D eigenvalue weighted by Gasteiger charge is 2.29. The first-order chi connectivity index (χ1) is 13.9. The van der Waals surface area contributed by atoms with Crippen LogP contribution in [0.2, 0.25) is 0 Å². The molecule has 2 heterocycles. The molecule has 8 heteroatoms. The number of nitrogens with zero attached hydrogens (tertiary/aromatic N) is 3. The number of carbonyl (C=O) groups excluding carboxylic acids is 1. The van der Waals surface area contributed by atoms with Crippen molar-refractivity contribution in [3.8, 4) is 0 Å². The highest BCUT2D eigenvalue weighted by atomic mass is 32.2. The van der Waals surface area contributed by atoms with Gasteiger partial charge in [0.25, 0.3) is 0 Å². The summed E-state index contributed by atoms with van der Waals surface area (Å²) in [7, 11) is -1.04. The highest BCUT2D eigenvalue weighted by molar-refractivity contribution is 7.93. The van der Waals surface area contributed by atoms with Crippen LogP contribution in [0.25, 0.3) is 0 Å². The number of anilines is 2. The van der Waals surface area contributed by atoms with E-state index in [1.54, 1.807) is 24.3 Å². The van der Waals surface area contributed by atoms with Crippen LogP contribution in [-0.2, 0) is 10.0 Å².